The summed E-state index contributed by atoms with van der Waals surface area (Å²) in [4.78, 5) is 17.0. The molecule has 0 saturated carbocycles. The molecule has 4 heteroatoms. The molecule has 0 aromatic heterocycles. The first-order valence-electron chi connectivity index (χ1n) is 5.12. The highest BCUT2D eigenvalue weighted by atomic mass is 79.9. The normalized spacial score (nSPS) is 23.8. The number of hydrogen-bond donors (Lipinski definition) is 0. The lowest BCUT2D eigenvalue weighted by molar-refractivity contribution is -0.120. The molecule has 2 atom stereocenters. The molecule has 0 radical (unpaired) electrons. The zero-order chi connectivity index (χ0) is 11.5. The molecule has 1 aliphatic rings. The maximum absolute atomic E-state index is 11.8. The zero-order valence-electron chi connectivity index (χ0n) is 8.89. The molecule has 3 nitrogen and oxygen atoms in total. The van der Waals surface area contributed by atoms with Crippen molar-refractivity contribution in [2.45, 2.75) is 13.0 Å². The van der Waals surface area contributed by atoms with Crippen LogP contribution in [0.5, 0.6) is 0 Å². The topological polar surface area (TPSA) is 38.7 Å². The van der Waals surface area contributed by atoms with Crippen LogP contribution in [0.1, 0.15) is 12.5 Å². The van der Waals surface area contributed by atoms with Crippen molar-refractivity contribution in [3.05, 3.63) is 35.9 Å². The highest BCUT2D eigenvalue weighted by molar-refractivity contribution is 9.09. The molecular weight excluding hydrogens is 270 g/mol. The second-order valence-corrected chi connectivity index (χ2v) is 4.29. The highest BCUT2D eigenvalue weighted by Crippen LogP contribution is 2.24. The van der Waals surface area contributed by atoms with Gasteiger partial charge in [-0.15, -0.1) is 0 Å². The van der Waals surface area contributed by atoms with Gasteiger partial charge < -0.3 is 4.84 Å². The number of carbonyl (C=O) groups is 1. The van der Waals surface area contributed by atoms with Crippen LogP contribution >= 0.6 is 15.9 Å². The van der Waals surface area contributed by atoms with Crippen molar-refractivity contribution < 1.29 is 9.63 Å². The van der Waals surface area contributed by atoms with Crippen LogP contribution in [0.15, 0.2) is 35.5 Å². The van der Waals surface area contributed by atoms with Crippen LogP contribution in [0.4, 0.5) is 0 Å². The SMILES string of the molecule is CC1ON=C(c2ccccc2)C1C(=O)CBr. The average molecular weight is 282 g/mol. The molecule has 16 heavy (non-hydrogen) atoms. The molecule has 0 spiro atoms. The van der Waals surface area contributed by atoms with E-state index in [2.05, 4.69) is 21.1 Å². The molecule has 0 amide bonds. The number of Topliss-reactive ketones (excluding diaryl/α,β-unsaturated/α-hetero) is 1. The number of ketones is 1. The summed E-state index contributed by atoms with van der Waals surface area (Å²) in [5.74, 6) is -0.158. The summed E-state index contributed by atoms with van der Waals surface area (Å²) in [7, 11) is 0. The lowest BCUT2D eigenvalue weighted by Crippen LogP contribution is -2.30. The lowest BCUT2D eigenvalue weighted by atomic mass is 9.90. The summed E-state index contributed by atoms with van der Waals surface area (Å²) >= 11 is 3.19. The van der Waals surface area contributed by atoms with Crippen LogP contribution in [-0.4, -0.2) is 22.9 Å². The Hall–Kier alpha value is -1.16. The summed E-state index contributed by atoms with van der Waals surface area (Å²) in [5, 5.41) is 4.34. The molecule has 1 aliphatic heterocycles. The van der Waals surface area contributed by atoms with Crippen LogP contribution < -0.4 is 0 Å². The molecule has 84 valence electrons. The summed E-state index contributed by atoms with van der Waals surface area (Å²) in [6, 6.07) is 9.67. The second-order valence-electron chi connectivity index (χ2n) is 3.73. The van der Waals surface area contributed by atoms with Gasteiger partial charge in [0.1, 0.15) is 17.7 Å². The van der Waals surface area contributed by atoms with E-state index in [0.717, 1.165) is 11.3 Å². The predicted octanol–water partition coefficient (Wildman–Crippen LogP) is 2.39. The molecule has 2 rings (SSSR count). The minimum atomic E-state index is -0.262. The van der Waals surface area contributed by atoms with Crippen LogP contribution in [0.2, 0.25) is 0 Å². The maximum Gasteiger partial charge on any atom is 0.156 e. The Balaban J connectivity index is 2.31. The lowest BCUT2D eigenvalue weighted by Gasteiger charge is -2.12. The minimum Gasteiger partial charge on any atom is -0.391 e. The fourth-order valence-electron chi connectivity index (χ4n) is 1.82. The summed E-state index contributed by atoms with van der Waals surface area (Å²) in [6.45, 7) is 1.87. The van der Waals surface area contributed by atoms with E-state index in [1.54, 1.807) is 0 Å². The van der Waals surface area contributed by atoms with E-state index < -0.39 is 0 Å². The van der Waals surface area contributed by atoms with Crippen molar-refractivity contribution in [2.24, 2.45) is 11.1 Å². The van der Waals surface area contributed by atoms with E-state index >= 15 is 0 Å². The number of oxime groups is 1. The van der Waals surface area contributed by atoms with E-state index in [0.29, 0.717) is 5.33 Å². The number of carbonyl (C=O) groups excluding carboxylic acids is 1. The summed E-state index contributed by atoms with van der Waals surface area (Å²) in [5.41, 5.74) is 1.68. The van der Waals surface area contributed by atoms with Gasteiger partial charge in [-0.05, 0) is 6.92 Å². The van der Waals surface area contributed by atoms with Crippen molar-refractivity contribution in [2.75, 3.05) is 5.33 Å². The van der Waals surface area contributed by atoms with Crippen molar-refractivity contribution in [3.63, 3.8) is 0 Å². The molecule has 1 heterocycles. The molecule has 0 bridgehead atoms. The standard InChI is InChI=1S/C12H12BrNO2/c1-8-11(10(15)7-13)12(14-16-8)9-5-3-2-4-6-9/h2-6,8,11H,7H2,1H3. The number of halogens is 1. The fraction of sp³-hybridized carbons (Fsp3) is 0.333. The molecule has 0 fully saturated rings. The largest absolute Gasteiger partial charge is 0.391 e. The average Bonchev–Trinajstić information content (AvgIpc) is 2.71. The van der Waals surface area contributed by atoms with Gasteiger partial charge >= 0.3 is 0 Å². The third kappa shape index (κ3) is 2.02. The monoisotopic (exact) mass is 281 g/mol. The quantitative estimate of drug-likeness (QED) is 0.798. The maximum atomic E-state index is 11.8. The third-order valence-electron chi connectivity index (χ3n) is 2.63. The van der Waals surface area contributed by atoms with E-state index in [9.17, 15) is 4.79 Å². The Kier molecular flexibility index (Phi) is 3.39. The Morgan fingerprint density at radius 1 is 1.44 bits per heavy atom. The molecule has 1 aromatic carbocycles. The number of rotatable bonds is 3. The van der Waals surface area contributed by atoms with E-state index in [1.165, 1.54) is 0 Å². The molecule has 1 aromatic rings. The van der Waals surface area contributed by atoms with Crippen molar-refractivity contribution >= 4 is 27.4 Å². The first-order chi connectivity index (χ1) is 7.74. The van der Waals surface area contributed by atoms with Crippen LogP contribution in [0, 0.1) is 5.92 Å². The Morgan fingerprint density at radius 3 is 2.75 bits per heavy atom. The van der Waals surface area contributed by atoms with Gasteiger partial charge in [0.2, 0.25) is 0 Å². The number of nitrogens with zero attached hydrogens (tertiary/aromatic N) is 1. The van der Waals surface area contributed by atoms with Crippen LogP contribution in [0.3, 0.4) is 0 Å². The first kappa shape index (κ1) is 11.3. The Bertz CT molecular complexity index is 416. The first-order valence-corrected chi connectivity index (χ1v) is 6.24. The molecule has 0 aliphatic carbocycles. The van der Waals surface area contributed by atoms with Gasteiger partial charge in [-0.1, -0.05) is 51.4 Å². The number of alkyl halides is 1. The van der Waals surface area contributed by atoms with E-state index in [4.69, 9.17) is 4.84 Å². The van der Waals surface area contributed by atoms with Gasteiger partial charge in [0.15, 0.2) is 5.78 Å². The molecule has 0 saturated heterocycles. The number of benzene rings is 1. The Morgan fingerprint density at radius 2 is 2.12 bits per heavy atom. The van der Waals surface area contributed by atoms with Crippen LogP contribution in [0.25, 0.3) is 0 Å². The second kappa shape index (κ2) is 4.78. The molecule has 2 unspecified atom stereocenters. The van der Waals surface area contributed by atoms with E-state index in [1.807, 2.05) is 37.3 Å². The van der Waals surface area contributed by atoms with Gasteiger partial charge in [0, 0.05) is 5.56 Å². The summed E-state index contributed by atoms with van der Waals surface area (Å²) < 4.78 is 0. The smallest absolute Gasteiger partial charge is 0.156 e. The van der Waals surface area contributed by atoms with Gasteiger partial charge in [0.25, 0.3) is 0 Å². The van der Waals surface area contributed by atoms with Gasteiger partial charge in [-0.25, -0.2) is 0 Å². The molecular formula is C12H12BrNO2. The van der Waals surface area contributed by atoms with E-state index in [-0.39, 0.29) is 17.8 Å². The van der Waals surface area contributed by atoms with Gasteiger partial charge in [-0.3, -0.25) is 4.79 Å². The summed E-state index contributed by atoms with van der Waals surface area (Å²) in [6.07, 6.45) is -0.180. The Labute approximate surface area is 103 Å². The van der Waals surface area contributed by atoms with Gasteiger partial charge in [-0.2, -0.15) is 0 Å². The predicted molar refractivity (Wildman–Crippen MR) is 65.8 cm³/mol. The van der Waals surface area contributed by atoms with Crippen molar-refractivity contribution in [3.8, 4) is 0 Å². The molecule has 0 N–H and O–H groups in total. The number of hydrogen-bond acceptors (Lipinski definition) is 3. The van der Waals surface area contributed by atoms with Crippen molar-refractivity contribution in [1.29, 1.82) is 0 Å². The van der Waals surface area contributed by atoms with Crippen LogP contribution in [-0.2, 0) is 9.63 Å². The fourth-order valence-corrected chi connectivity index (χ4v) is 2.17. The third-order valence-corrected chi connectivity index (χ3v) is 3.18. The minimum absolute atomic E-state index is 0.104. The zero-order valence-corrected chi connectivity index (χ0v) is 10.5. The highest BCUT2D eigenvalue weighted by Gasteiger charge is 2.36. The van der Waals surface area contributed by atoms with Gasteiger partial charge in [0.05, 0.1) is 5.33 Å². The van der Waals surface area contributed by atoms with Crippen molar-refractivity contribution in [1.82, 2.24) is 0 Å².